The van der Waals surface area contributed by atoms with Crippen LogP contribution in [0.1, 0.15) is 35.5 Å². The predicted octanol–water partition coefficient (Wildman–Crippen LogP) is 3.21. The van der Waals surface area contributed by atoms with Crippen LogP contribution in [0.2, 0.25) is 0 Å². The Morgan fingerprint density at radius 2 is 2.00 bits per heavy atom. The van der Waals surface area contributed by atoms with Gasteiger partial charge in [-0.25, -0.2) is 8.78 Å². The van der Waals surface area contributed by atoms with Gasteiger partial charge in [-0.1, -0.05) is 6.92 Å². The van der Waals surface area contributed by atoms with Crippen molar-refractivity contribution in [3.05, 3.63) is 52.3 Å². The molecule has 3 nitrogen and oxygen atoms in total. The van der Waals surface area contributed by atoms with E-state index in [9.17, 15) is 8.78 Å². The zero-order valence-corrected chi connectivity index (χ0v) is 12.9. The highest BCUT2D eigenvalue weighted by Crippen LogP contribution is 2.26. The fraction of sp³-hybridized carbons (Fsp3) is 0.438. The van der Waals surface area contributed by atoms with Crippen LogP contribution in [0, 0.1) is 25.5 Å². The van der Waals surface area contributed by atoms with Gasteiger partial charge in [-0.2, -0.15) is 5.10 Å². The normalized spacial score (nSPS) is 12.7. The molecule has 0 saturated heterocycles. The molecule has 1 aromatic heterocycles. The zero-order valence-electron chi connectivity index (χ0n) is 12.9. The van der Waals surface area contributed by atoms with Crippen LogP contribution in [0.15, 0.2) is 18.2 Å². The van der Waals surface area contributed by atoms with Crippen LogP contribution in [0.3, 0.4) is 0 Å². The van der Waals surface area contributed by atoms with E-state index in [1.165, 1.54) is 12.1 Å². The third kappa shape index (κ3) is 3.29. The molecular weight excluding hydrogens is 272 g/mol. The Morgan fingerprint density at radius 1 is 1.29 bits per heavy atom. The summed E-state index contributed by atoms with van der Waals surface area (Å²) in [7, 11) is 1.89. The average molecular weight is 293 g/mol. The number of aromatic nitrogens is 2. The van der Waals surface area contributed by atoms with Crippen molar-refractivity contribution in [2.75, 3.05) is 6.54 Å². The molecule has 2 rings (SSSR count). The van der Waals surface area contributed by atoms with Gasteiger partial charge in [0, 0.05) is 24.3 Å². The first-order valence-electron chi connectivity index (χ1n) is 7.11. The summed E-state index contributed by atoms with van der Waals surface area (Å²) in [6.45, 7) is 6.67. The minimum Gasteiger partial charge on any atom is -0.310 e. The van der Waals surface area contributed by atoms with E-state index in [0.717, 1.165) is 29.6 Å². The lowest BCUT2D eigenvalue weighted by Gasteiger charge is -2.19. The first kappa shape index (κ1) is 15.6. The molecule has 1 unspecified atom stereocenters. The second kappa shape index (κ2) is 6.35. The Kier molecular flexibility index (Phi) is 4.73. The summed E-state index contributed by atoms with van der Waals surface area (Å²) in [5, 5.41) is 7.75. The summed E-state index contributed by atoms with van der Waals surface area (Å²) < 4.78 is 29.0. The fourth-order valence-corrected chi connectivity index (χ4v) is 2.74. The van der Waals surface area contributed by atoms with Gasteiger partial charge >= 0.3 is 0 Å². The van der Waals surface area contributed by atoms with Crippen molar-refractivity contribution in [1.82, 2.24) is 15.1 Å². The van der Waals surface area contributed by atoms with Crippen LogP contribution < -0.4 is 5.32 Å². The third-order valence-electron chi connectivity index (χ3n) is 3.80. The first-order valence-corrected chi connectivity index (χ1v) is 7.11. The van der Waals surface area contributed by atoms with Gasteiger partial charge in [0.25, 0.3) is 0 Å². The lowest BCUT2D eigenvalue weighted by molar-refractivity contribution is 0.518. The third-order valence-corrected chi connectivity index (χ3v) is 3.80. The Balaban J connectivity index is 2.37. The van der Waals surface area contributed by atoms with Crippen molar-refractivity contribution in [3.8, 4) is 0 Å². The highest BCUT2D eigenvalue weighted by Gasteiger charge is 2.21. The minimum atomic E-state index is -0.415. The van der Waals surface area contributed by atoms with E-state index >= 15 is 0 Å². The van der Waals surface area contributed by atoms with E-state index < -0.39 is 5.82 Å². The quantitative estimate of drug-likeness (QED) is 0.917. The number of hydrogen-bond donors (Lipinski definition) is 1. The molecule has 0 spiro atoms. The number of aryl methyl sites for hydroxylation is 2. The topological polar surface area (TPSA) is 29.9 Å². The Labute approximate surface area is 124 Å². The van der Waals surface area contributed by atoms with E-state index in [0.29, 0.717) is 12.0 Å². The SMILES string of the molecule is CCNC(Cc1cc(F)ccc1F)c1c(C)nn(C)c1C. The molecule has 114 valence electrons. The summed E-state index contributed by atoms with van der Waals surface area (Å²) in [5.74, 6) is -0.792. The van der Waals surface area contributed by atoms with E-state index in [-0.39, 0.29) is 11.9 Å². The Hall–Kier alpha value is -1.75. The van der Waals surface area contributed by atoms with Crippen molar-refractivity contribution in [1.29, 1.82) is 0 Å². The lowest BCUT2D eigenvalue weighted by Crippen LogP contribution is -2.24. The standard InChI is InChI=1S/C16H21F2N3/c1-5-19-15(16-10(2)20-21(4)11(16)3)9-12-8-13(17)6-7-14(12)18/h6-8,15,19H,5,9H2,1-4H3. The average Bonchev–Trinajstić information content (AvgIpc) is 2.67. The second-order valence-corrected chi connectivity index (χ2v) is 5.26. The molecule has 0 aliphatic rings. The van der Waals surface area contributed by atoms with Gasteiger partial charge in [0.05, 0.1) is 5.69 Å². The number of nitrogens with one attached hydrogen (secondary N) is 1. The molecule has 0 saturated carbocycles. The van der Waals surface area contributed by atoms with Crippen LogP contribution in [-0.4, -0.2) is 16.3 Å². The van der Waals surface area contributed by atoms with E-state index in [1.807, 2.05) is 32.5 Å². The smallest absolute Gasteiger partial charge is 0.126 e. The van der Waals surface area contributed by atoms with Crippen LogP contribution in [-0.2, 0) is 13.5 Å². The van der Waals surface area contributed by atoms with Crippen molar-refractivity contribution in [3.63, 3.8) is 0 Å². The lowest BCUT2D eigenvalue weighted by atomic mass is 9.97. The van der Waals surface area contributed by atoms with Crippen molar-refractivity contribution < 1.29 is 8.78 Å². The molecule has 1 N–H and O–H groups in total. The molecule has 2 aromatic rings. The molecule has 0 fully saturated rings. The molecule has 0 bridgehead atoms. The summed E-state index contributed by atoms with van der Waals surface area (Å²) in [6, 6.07) is 3.50. The molecule has 0 aliphatic carbocycles. The van der Waals surface area contributed by atoms with Crippen LogP contribution in [0.4, 0.5) is 8.78 Å². The van der Waals surface area contributed by atoms with Crippen molar-refractivity contribution in [2.24, 2.45) is 7.05 Å². The maximum atomic E-state index is 13.9. The molecule has 1 aromatic carbocycles. The fourth-order valence-electron chi connectivity index (χ4n) is 2.74. The molecule has 0 amide bonds. The largest absolute Gasteiger partial charge is 0.310 e. The van der Waals surface area contributed by atoms with Crippen LogP contribution >= 0.6 is 0 Å². The van der Waals surface area contributed by atoms with Crippen molar-refractivity contribution >= 4 is 0 Å². The Morgan fingerprint density at radius 3 is 2.57 bits per heavy atom. The zero-order chi connectivity index (χ0) is 15.6. The van der Waals surface area contributed by atoms with E-state index in [1.54, 1.807) is 0 Å². The molecule has 1 heterocycles. The molecule has 0 aliphatic heterocycles. The number of benzene rings is 1. The predicted molar refractivity (Wildman–Crippen MR) is 79.2 cm³/mol. The summed E-state index contributed by atoms with van der Waals surface area (Å²) in [6.07, 6.45) is 0.394. The van der Waals surface area contributed by atoms with Gasteiger partial charge < -0.3 is 5.32 Å². The number of likely N-dealkylation sites (N-methyl/N-ethyl adjacent to an activating group) is 1. The van der Waals surface area contributed by atoms with Crippen LogP contribution in [0.5, 0.6) is 0 Å². The number of rotatable bonds is 5. The van der Waals surface area contributed by atoms with Gasteiger partial charge in [-0.3, -0.25) is 4.68 Å². The van der Waals surface area contributed by atoms with Gasteiger partial charge in [0.2, 0.25) is 0 Å². The molecule has 21 heavy (non-hydrogen) atoms. The van der Waals surface area contributed by atoms with Crippen LogP contribution in [0.25, 0.3) is 0 Å². The summed E-state index contributed by atoms with van der Waals surface area (Å²) >= 11 is 0. The highest BCUT2D eigenvalue weighted by molar-refractivity contribution is 5.31. The van der Waals surface area contributed by atoms with Gasteiger partial charge in [0.1, 0.15) is 11.6 Å². The summed E-state index contributed by atoms with van der Waals surface area (Å²) in [4.78, 5) is 0. The minimum absolute atomic E-state index is 0.0833. The first-order chi connectivity index (χ1) is 9.93. The number of hydrogen-bond acceptors (Lipinski definition) is 2. The molecule has 5 heteroatoms. The summed E-state index contributed by atoms with van der Waals surface area (Å²) in [5.41, 5.74) is 3.39. The Bertz CT molecular complexity index is 635. The van der Waals surface area contributed by atoms with Gasteiger partial charge in [-0.05, 0) is 50.6 Å². The van der Waals surface area contributed by atoms with E-state index in [2.05, 4.69) is 10.4 Å². The van der Waals surface area contributed by atoms with Crippen molar-refractivity contribution in [2.45, 2.75) is 33.2 Å². The van der Waals surface area contributed by atoms with Gasteiger partial charge in [-0.15, -0.1) is 0 Å². The maximum Gasteiger partial charge on any atom is 0.126 e. The molecular formula is C16H21F2N3. The number of nitrogens with zero attached hydrogens (tertiary/aromatic N) is 2. The van der Waals surface area contributed by atoms with E-state index in [4.69, 9.17) is 0 Å². The second-order valence-electron chi connectivity index (χ2n) is 5.26. The molecule has 1 atom stereocenters. The number of halogens is 2. The van der Waals surface area contributed by atoms with Gasteiger partial charge in [0.15, 0.2) is 0 Å². The molecule has 0 radical (unpaired) electrons. The monoisotopic (exact) mass is 293 g/mol. The highest BCUT2D eigenvalue weighted by atomic mass is 19.1. The maximum absolute atomic E-state index is 13.9.